The van der Waals surface area contributed by atoms with Crippen molar-refractivity contribution in [1.29, 1.82) is 0 Å². The van der Waals surface area contributed by atoms with E-state index in [1.807, 2.05) is 12.1 Å². The number of unbranched alkanes of at least 4 members (excludes halogenated alkanes) is 2. The number of hydrogen-bond acceptors (Lipinski definition) is 3. The van der Waals surface area contributed by atoms with Crippen LogP contribution < -0.4 is 15.4 Å². The van der Waals surface area contributed by atoms with Gasteiger partial charge in [-0.15, -0.1) is 0 Å². The van der Waals surface area contributed by atoms with Crippen LogP contribution in [-0.4, -0.2) is 39.9 Å². The number of guanidine groups is 1. The Labute approximate surface area is 134 Å². The second-order valence-corrected chi connectivity index (χ2v) is 5.04. The first-order valence-electron chi connectivity index (χ1n) is 7.95. The Kier molecular flexibility index (Phi) is 9.87. The summed E-state index contributed by atoms with van der Waals surface area (Å²) in [7, 11) is 3.46. The van der Waals surface area contributed by atoms with Crippen LogP contribution in [0.15, 0.2) is 29.3 Å². The van der Waals surface area contributed by atoms with E-state index in [-0.39, 0.29) is 0 Å². The summed E-state index contributed by atoms with van der Waals surface area (Å²) >= 11 is 0. The van der Waals surface area contributed by atoms with Crippen LogP contribution in [0.1, 0.15) is 31.7 Å². The first-order chi connectivity index (χ1) is 10.8. The maximum atomic E-state index is 5.54. The summed E-state index contributed by atoms with van der Waals surface area (Å²) in [6.45, 7) is 5.08. The molecule has 0 aromatic heterocycles. The molecule has 0 spiro atoms. The lowest BCUT2D eigenvalue weighted by atomic mass is 10.2. The molecule has 0 unspecified atom stereocenters. The maximum absolute atomic E-state index is 5.54. The van der Waals surface area contributed by atoms with Crippen molar-refractivity contribution in [2.45, 2.75) is 32.7 Å². The minimum absolute atomic E-state index is 0.572. The average Bonchev–Trinajstić information content (AvgIpc) is 2.56. The second-order valence-electron chi connectivity index (χ2n) is 5.04. The van der Waals surface area contributed by atoms with E-state index in [1.165, 1.54) is 24.8 Å². The van der Waals surface area contributed by atoms with Gasteiger partial charge in [0.15, 0.2) is 5.96 Å². The smallest absolute Gasteiger partial charge is 0.191 e. The first-order valence-corrected chi connectivity index (χ1v) is 7.95. The highest BCUT2D eigenvalue weighted by molar-refractivity contribution is 5.79. The van der Waals surface area contributed by atoms with Crippen LogP contribution in [-0.2, 0) is 11.3 Å². The molecule has 0 saturated heterocycles. The van der Waals surface area contributed by atoms with Crippen LogP contribution in [0, 0.1) is 0 Å². The quantitative estimate of drug-likeness (QED) is 0.396. The number of rotatable bonds is 10. The minimum Gasteiger partial charge on any atom is -0.491 e. The number of benzene rings is 1. The molecular weight excluding hydrogens is 278 g/mol. The predicted molar refractivity (Wildman–Crippen MR) is 91.5 cm³/mol. The number of methoxy groups -OCH3 is 1. The van der Waals surface area contributed by atoms with Crippen LogP contribution in [0.4, 0.5) is 0 Å². The van der Waals surface area contributed by atoms with Crippen molar-refractivity contribution in [3.05, 3.63) is 29.8 Å². The molecule has 5 heteroatoms. The maximum Gasteiger partial charge on any atom is 0.191 e. The van der Waals surface area contributed by atoms with Crippen LogP contribution in [0.5, 0.6) is 5.75 Å². The molecule has 124 valence electrons. The molecule has 0 bridgehead atoms. The molecule has 0 aliphatic heterocycles. The highest BCUT2D eigenvalue weighted by Crippen LogP contribution is 2.11. The summed E-state index contributed by atoms with van der Waals surface area (Å²) in [6.07, 6.45) is 3.64. The van der Waals surface area contributed by atoms with Gasteiger partial charge in [0, 0.05) is 27.2 Å². The van der Waals surface area contributed by atoms with Gasteiger partial charge in [0.05, 0.1) is 6.61 Å². The standard InChI is InChI=1S/C17H29N3O2/c1-4-5-6-11-19-17(18-2)20-14-15-7-9-16(10-8-15)22-13-12-21-3/h7-10H,4-6,11-14H2,1-3H3,(H2,18,19,20). The number of ether oxygens (including phenoxy) is 2. The van der Waals surface area contributed by atoms with Crippen molar-refractivity contribution in [2.75, 3.05) is 33.9 Å². The Bertz CT molecular complexity index is 418. The fourth-order valence-electron chi connectivity index (χ4n) is 1.93. The fraction of sp³-hybridized carbons (Fsp3) is 0.588. The largest absolute Gasteiger partial charge is 0.491 e. The van der Waals surface area contributed by atoms with Gasteiger partial charge in [-0.1, -0.05) is 31.9 Å². The van der Waals surface area contributed by atoms with E-state index in [0.29, 0.717) is 13.2 Å². The summed E-state index contributed by atoms with van der Waals surface area (Å²) in [5.41, 5.74) is 1.19. The minimum atomic E-state index is 0.572. The summed E-state index contributed by atoms with van der Waals surface area (Å²) in [6, 6.07) is 8.06. The molecule has 1 rings (SSSR count). The zero-order chi connectivity index (χ0) is 16.0. The summed E-state index contributed by atoms with van der Waals surface area (Å²) in [4.78, 5) is 4.22. The second kappa shape index (κ2) is 11.9. The highest BCUT2D eigenvalue weighted by atomic mass is 16.5. The van der Waals surface area contributed by atoms with Crippen LogP contribution >= 0.6 is 0 Å². The van der Waals surface area contributed by atoms with Gasteiger partial charge in [0.25, 0.3) is 0 Å². The molecule has 0 radical (unpaired) electrons. The molecule has 5 nitrogen and oxygen atoms in total. The van der Waals surface area contributed by atoms with E-state index in [1.54, 1.807) is 14.2 Å². The summed E-state index contributed by atoms with van der Waals surface area (Å²) in [5, 5.41) is 6.63. The lowest BCUT2D eigenvalue weighted by Gasteiger charge is -2.12. The van der Waals surface area contributed by atoms with Crippen LogP contribution in [0.3, 0.4) is 0 Å². The zero-order valence-corrected chi connectivity index (χ0v) is 14.0. The van der Waals surface area contributed by atoms with Crippen molar-refractivity contribution in [3.8, 4) is 5.75 Å². The van der Waals surface area contributed by atoms with E-state index in [0.717, 1.165) is 24.8 Å². The van der Waals surface area contributed by atoms with Crippen LogP contribution in [0.25, 0.3) is 0 Å². The highest BCUT2D eigenvalue weighted by Gasteiger charge is 1.99. The van der Waals surface area contributed by atoms with Crippen LogP contribution in [0.2, 0.25) is 0 Å². The van der Waals surface area contributed by atoms with Crippen molar-refractivity contribution in [2.24, 2.45) is 4.99 Å². The van der Waals surface area contributed by atoms with Gasteiger partial charge in [-0.3, -0.25) is 4.99 Å². The average molecular weight is 307 g/mol. The third-order valence-electron chi connectivity index (χ3n) is 3.24. The lowest BCUT2D eigenvalue weighted by molar-refractivity contribution is 0.146. The molecule has 0 fully saturated rings. The van der Waals surface area contributed by atoms with E-state index in [2.05, 4.69) is 34.7 Å². The van der Waals surface area contributed by atoms with Gasteiger partial charge >= 0.3 is 0 Å². The Hall–Kier alpha value is -1.75. The molecule has 2 N–H and O–H groups in total. The Morgan fingerprint density at radius 1 is 1.09 bits per heavy atom. The van der Waals surface area contributed by atoms with E-state index < -0.39 is 0 Å². The molecule has 22 heavy (non-hydrogen) atoms. The number of nitrogens with zero attached hydrogens (tertiary/aromatic N) is 1. The van der Waals surface area contributed by atoms with Gasteiger partial charge in [-0.05, 0) is 24.1 Å². The molecule has 0 heterocycles. The Balaban J connectivity index is 2.30. The predicted octanol–water partition coefficient (Wildman–Crippen LogP) is 2.57. The van der Waals surface area contributed by atoms with Crippen molar-refractivity contribution < 1.29 is 9.47 Å². The Morgan fingerprint density at radius 2 is 1.86 bits per heavy atom. The molecule has 0 saturated carbocycles. The fourth-order valence-corrected chi connectivity index (χ4v) is 1.93. The van der Waals surface area contributed by atoms with Gasteiger partial charge in [0.1, 0.15) is 12.4 Å². The normalized spacial score (nSPS) is 11.3. The van der Waals surface area contributed by atoms with Crippen molar-refractivity contribution in [1.82, 2.24) is 10.6 Å². The third-order valence-corrected chi connectivity index (χ3v) is 3.24. The summed E-state index contributed by atoms with van der Waals surface area (Å²) in [5.74, 6) is 1.71. The third kappa shape index (κ3) is 7.88. The summed E-state index contributed by atoms with van der Waals surface area (Å²) < 4.78 is 10.5. The number of aliphatic imine (C=N–C) groups is 1. The first kappa shape index (κ1) is 18.3. The molecule has 1 aromatic carbocycles. The zero-order valence-electron chi connectivity index (χ0n) is 14.0. The van der Waals surface area contributed by atoms with Crippen molar-refractivity contribution >= 4 is 5.96 Å². The lowest BCUT2D eigenvalue weighted by Crippen LogP contribution is -2.37. The van der Waals surface area contributed by atoms with E-state index >= 15 is 0 Å². The molecular formula is C17H29N3O2. The molecule has 0 aliphatic carbocycles. The number of nitrogens with one attached hydrogen (secondary N) is 2. The topological polar surface area (TPSA) is 54.9 Å². The van der Waals surface area contributed by atoms with Gasteiger partial charge in [-0.2, -0.15) is 0 Å². The van der Waals surface area contributed by atoms with Gasteiger partial charge in [-0.25, -0.2) is 0 Å². The van der Waals surface area contributed by atoms with E-state index in [9.17, 15) is 0 Å². The van der Waals surface area contributed by atoms with Crippen molar-refractivity contribution in [3.63, 3.8) is 0 Å². The molecule has 0 aliphatic rings. The van der Waals surface area contributed by atoms with E-state index in [4.69, 9.17) is 9.47 Å². The van der Waals surface area contributed by atoms with Gasteiger partial charge in [0.2, 0.25) is 0 Å². The SMILES string of the molecule is CCCCCNC(=NC)NCc1ccc(OCCOC)cc1. The molecule has 0 atom stereocenters. The number of hydrogen-bond donors (Lipinski definition) is 2. The molecule has 1 aromatic rings. The Morgan fingerprint density at radius 3 is 2.50 bits per heavy atom. The van der Waals surface area contributed by atoms with Gasteiger partial charge < -0.3 is 20.1 Å². The monoisotopic (exact) mass is 307 g/mol. The molecule has 0 amide bonds.